The minimum atomic E-state index is -3.88. The first-order valence-corrected chi connectivity index (χ1v) is 18.1. The number of sulfonamides is 1. The van der Waals surface area contributed by atoms with E-state index < -0.39 is 28.0 Å². The van der Waals surface area contributed by atoms with Gasteiger partial charge in [-0.15, -0.1) is 0 Å². The normalized spacial score (nSPS) is 12.9. The van der Waals surface area contributed by atoms with Gasteiger partial charge in [0.25, 0.3) is 0 Å². The molecule has 2 amide bonds. The number of pyridine rings is 1. The lowest BCUT2D eigenvalue weighted by Gasteiger charge is -2.31. The van der Waals surface area contributed by atoms with Crippen LogP contribution < -0.4 is 16.4 Å². The highest BCUT2D eigenvalue weighted by atomic mass is 32.2. The second-order valence-corrected chi connectivity index (χ2v) is 14.4. The highest BCUT2D eigenvalue weighted by Gasteiger charge is 2.33. The first-order valence-electron chi connectivity index (χ1n) is 16.6. The maximum Gasteiger partial charge on any atom is 0.243 e. The van der Waals surface area contributed by atoms with Crippen molar-refractivity contribution < 1.29 is 23.1 Å². The Labute approximate surface area is 289 Å². The summed E-state index contributed by atoms with van der Waals surface area (Å²) < 4.78 is 28.6. The van der Waals surface area contributed by atoms with Crippen LogP contribution >= 0.6 is 0 Å². The molecule has 4 aromatic rings. The van der Waals surface area contributed by atoms with Crippen molar-refractivity contribution in [3.05, 3.63) is 126 Å². The molecule has 0 bridgehead atoms. The number of amides is 2. The van der Waals surface area contributed by atoms with Gasteiger partial charge in [-0.25, -0.2) is 8.42 Å². The number of rotatable bonds is 18. The van der Waals surface area contributed by atoms with E-state index in [9.17, 15) is 23.1 Å². The number of unbranched alkanes of at least 4 members (excludes halogenated alkanes) is 1. The molecule has 0 fully saturated rings. The van der Waals surface area contributed by atoms with Crippen molar-refractivity contribution in [3.63, 3.8) is 0 Å². The standard InChI is InChI=1S/C38H47N5O5S/c1-28(2)26-43(49(47,48)34-20-18-32(39)19-21-34)33(27-44)17-9-10-23-41-38(46)37(42-35(45)24-29-12-11-22-40-25-29)36(30-13-5-3-6-14-30)31-15-7-4-8-16-31/h3-8,11-16,18-22,25,28,33,36-37,44H,9-10,17,23-24,26-27,39H2,1-2H3,(H,41,46)(H,42,45). The number of benzene rings is 3. The van der Waals surface area contributed by atoms with Crippen molar-refractivity contribution >= 4 is 27.5 Å². The summed E-state index contributed by atoms with van der Waals surface area (Å²) in [5.41, 5.74) is 8.74. The molecule has 3 aromatic carbocycles. The van der Waals surface area contributed by atoms with E-state index in [2.05, 4.69) is 15.6 Å². The third-order valence-corrected chi connectivity index (χ3v) is 10.2. The van der Waals surface area contributed by atoms with Crippen molar-refractivity contribution in [2.45, 2.75) is 62.4 Å². The molecule has 0 spiro atoms. The summed E-state index contributed by atoms with van der Waals surface area (Å²) in [7, 11) is -3.88. The second kappa shape index (κ2) is 18.3. The molecule has 260 valence electrons. The fraction of sp³-hybridized carbons (Fsp3) is 0.342. The first kappa shape index (κ1) is 37.2. The predicted molar refractivity (Wildman–Crippen MR) is 192 cm³/mol. The van der Waals surface area contributed by atoms with Crippen molar-refractivity contribution in [1.29, 1.82) is 0 Å². The average Bonchev–Trinajstić information content (AvgIpc) is 3.10. The van der Waals surface area contributed by atoms with E-state index in [1.54, 1.807) is 30.6 Å². The number of hydrogen-bond donors (Lipinski definition) is 4. The number of nitrogens with zero attached hydrogens (tertiary/aromatic N) is 2. The Balaban J connectivity index is 1.46. The summed E-state index contributed by atoms with van der Waals surface area (Å²) in [6.07, 6.45) is 4.83. The van der Waals surface area contributed by atoms with Crippen LogP contribution in [0.1, 0.15) is 55.7 Å². The van der Waals surface area contributed by atoms with Crippen LogP contribution in [0.15, 0.2) is 114 Å². The van der Waals surface area contributed by atoms with Gasteiger partial charge in [0.05, 0.1) is 17.9 Å². The summed E-state index contributed by atoms with van der Waals surface area (Å²) in [5, 5.41) is 16.3. The lowest BCUT2D eigenvalue weighted by molar-refractivity contribution is -0.129. The molecule has 1 heterocycles. The predicted octanol–water partition coefficient (Wildman–Crippen LogP) is 4.52. The van der Waals surface area contributed by atoms with Crippen LogP contribution in [0.3, 0.4) is 0 Å². The monoisotopic (exact) mass is 685 g/mol. The summed E-state index contributed by atoms with van der Waals surface area (Å²) in [5.74, 6) is -1.06. The first-order chi connectivity index (χ1) is 23.6. The van der Waals surface area contributed by atoms with Crippen LogP contribution in [0.5, 0.6) is 0 Å². The Bertz CT molecular complexity index is 1670. The fourth-order valence-electron chi connectivity index (χ4n) is 5.84. The van der Waals surface area contributed by atoms with Gasteiger partial charge in [0.15, 0.2) is 0 Å². The molecule has 2 unspecified atom stereocenters. The zero-order valence-corrected chi connectivity index (χ0v) is 28.9. The highest BCUT2D eigenvalue weighted by Crippen LogP contribution is 2.29. The van der Waals surface area contributed by atoms with Crippen LogP contribution in [-0.2, 0) is 26.0 Å². The number of nitrogens with two attached hydrogens (primary N) is 1. The zero-order chi connectivity index (χ0) is 35.2. The van der Waals surface area contributed by atoms with Crippen molar-refractivity contribution in [1.82, 2.24) is 19.9 Å². The summed E-state index contributed by atoms with van der Waals surface area (Å²) >= 11 is 0. The lowest BCUT2D eigenvalue weighted by Crippen LogP contribution is -2.51. The Morgan fingerprint density at radius 2 is 1.51 bits per heavy atom. The smallest absolute Gasteiger partial charge is 0.243 e. The van der Waals surface area contributed by atoms with Crippen LogP contribution in [0.25, 0.3) is 0 Å². The molecule has 11 heteroatoms. The van der Waals surface area contributed by atoms with Gasteiger partial charge in [0.2, 0.25) is 21.8 Å². The zero-order valence-electron chi connectivity index (χ0n) is 28.1. The average molecular weight is 686 g/mol. The maximum absolute atomic E-state index is 13.9. The van der Waals surface area contributed by atoms with Gasteiger partial charge in [-0.1, -0.05) is 87.0 Å². The minimum absolute atomic E-state index is 0.0318. The van der Waals surface area contributed by atoms with Crippen LogP contribution in [0.4, 0.5) is 5.69 Å². The number of aliphatic hydroxyl groups is 1. The van der Waals surface area contributed by atoms with E-state index in [-0.39, 0.29) is 42.2 Å². The molecular weight excluding hydrogens is 639 g/mol. The number of carbonyl (C=O) groups is 2. The van der Waals surface area contributed by atoms with E-state index in [1.165, 1.54) is 16.4 Å². The van der Waals surface area contributed by atoms with Gasteiger partial charge in [0.1, 0.15) is 6.04 Å². The Kier molecular flexibility index (Phi) is 13.9. The van der Waals surface area contributed by atoms with Gasteiger partial charge in [-0.3, -0.25) is 14.6 Å². The molecule has 0 saturated heterocycles. The molecule has 49 heavy (non-hydrogen) atoms. The van der Waals surface area contributed by atoms with Gasteiger partial charge < -0.3 is 21.5 Å². The number of aromatic nitrogens is 1. The van der Waals surface area contributed by atoms with Gasteiger partial charge in [-0.05, 0) is 65.8 Å². The Morgan fingerprint density at radius 1 is 0.878 bits per heavy atom. The molecule has 4 rings (SSSR count). The molecule has 0 saturated carbocycles. The minimum Gasteiger partial charge on any atom is -0.399 e. The maximum atomic E-state index is 13.9. The van der Waals surface area contributed by atoms with Gasteiger partial charge in [-0.2, -0.15) is 4.31 Å². The molecule has 0 aliphatic carbocycles. The number of nitrogens with one attached hydrogen (secondary N) is 2. The number of anilines is 1. The van der Waals surface area contributed by atoms with E-state index in [0.717, 1.165) is 16.7 Å². The van der Waals surface area contributed by atoms with E-state index in [1.807, 2.05) is 80.6 Å². The van der Waals surface area contributed by atoms with E-state index in [4.69, 9.17) is 5.73 Å². The lowest BCUT2D eigenvalue weighted by atomic mass is 9.84. The summed E-state index contributed by atoms with van der Waals surface area (Å²) in [4.78, 5) is 31.5. The van der Waals surface area contributed by atoms with Crippen LogP contribution in [0.2, 0.25) is 0 Å². The molecule has 2 atom stereocenters. The van der Waals surface area contributed by atoms with Crippen LogP contribution in [-0.4, -0.2) is 66.4 Å². The SMILES string of the molecule is CC(C)CN(C(CO)CCCCNC(=O)C(NC(=O)Cc1cccnc1)C(c1ccccc1)c1ccccc1)S(=O)(=O)c1ccc(N)cc1. The van der Waals surface area contributed by atoms with Crippen molar-refractivity contribution in [2.24, 2.45) is 5.92 Å². The van der Waals surface area contributed by atoms with E-state index >= 15 is 0 Å². The number of aliphatic hydroxyl groups excluding tert-OH is 1. The number of carbonyl (C=O) groups excluding carboxylic acids is 2. The molecule has 10 nitrogen and oxygen atoms in total. The number of hydrogen-bond acceptors (Lipinski definition) is 7. The summed E-state index contributed by atoms with van der Waals surface area (Å²) in [6, 6.07) is 27.3. The molecule has 0 radical (unpaired) electrons. The van der Waals surface area contributed by atoms with Crippen molar-refractivity contribution in [3.8, 4) is 0 Å². The Morgan fingerprint density at radius 3 is 2.06 bits per heavy atom. The Hall–Kier alpha value is -4.58. The topological polar surface area (TPSA) is 155 Å². The second-order valence-electron chi connectivity index (χ2n) is 12.5. The molecule has 5 N–H and O–H groups in total. The summed E-state index contributed by atoms with van der Waals surface area (Å²) in [6.45, 7) is 4.07. The van der Waals surface area contributed by atoms with Gasteiger partial charge in [0, 0.05) is 43.1 Å². The van der Waals surface area contributed by atoms with E-state index in [0.29, 0.717) is 31.5 Å². The molecular formula is C38H47N5O5S. The number of nitrogen functional groups attached to an aromatic ring is 1. The third kappa shape index (κ3) is 10.7. The third-order valence-electron chi connectivity index (χ3n) is 8.25. The molecule has 0 aliphatic rings. The molecule has 0 aliphatic heterocycles. The van der Waals surface area contributed by atoms with Crippen LogP contribution in [0, 0.1) is 5.92 Å². The molecule has 1 aromatic heterocycles. The van der Waals surface area contributed by atoms with Crippen molar-refractivity contribution in [2.75, 3.05) is 25.4 Å². The largest absolute Gasteiger partial charge is 0.399 e. The highest BCUT2D eigenvalue weighted by molar-refractivity contribution is 7.89. The quantitative estimate of drug-likeness (QED) is 0.0887. The fourth-order valence-corrected chi connectivity index (χ4v) is 7.65. The van der Waals surface area contributed by atoms with Gasteiger partial charge >= 0.3 is 0 Å².